The lowest BCUT2D eigenvalue weighted by atomic mass is 10.0. The molecule has 5 rings (SSSR count). The maximum Gasteiger partial charge on any atom is 0.270 e. The lowest BCUT2D eigenvalue weighted by molar-refractivity contribution is -0.122. The Balaban J connectivity index is 1.49. The van der Waals surface area contributed by atoms with E-state index in [-0.39, 0.29) is 29.4 Å². The molecule has 2 aromatic heterocycles. The van der Waals surface area contributed by atoms with Crippen molar-refractivity contribution < 1.29 is 13.6 Å². The molecule has 1 amide bonds. The van der Waals surface area contributed by atoms with E-state index in [0.29, 0.717) is 58.1 Å². The number of amides is 1. The molecule has 2 aliphatic rings. The van der Waals surface area contributed by atoms with Crippen molar-refractivity contribution in [3.05, 3.63) is 86.2 Å². The molecule has 0 unspecified atom stereocenters. The molecule has 8 nitrogen and oxygen atoms in total. The topological polar surface area (TPSA) is 85.7 Å². The second-order valence-corrected chi connectivity index (χ2v) is 10.7. The molecule has 38 heavy (non-hydrogen) atoms. The van der Waals surface area contributed by atoms with Crippen LogP contribution in [0.2, 0.25) is 0 Å². The van der Waals surface area contributed by atoms with Crippen LogP contribution in [-0.4, -0.2) is 45.9 Å². The zero-order valence-corrected chi connectivity index (χ0v) is 22.4. The summed E-state index contributed by atoms with van der Waals surface area (Å²) < 4.78 is 20.6. The summed E-state index contributed by atoms with van der Waals surface area (Å²) in [5.41, 5.74) is 1.73. The largest absolute Gasteiger partial charge is 0.467 e. The van der Waals surface area contributed by atoms with Crippen molar-refractivity contribution in [2.75, 3.05) is 36.0 Å². The van der Waals surface area contributed by atoms with Gasteiger partial charge in [-0.15, -0.1) is 0 Å². The van der Waals surface area contributed by atoms with E-state index in [1.165, 1.54) is 33.4 Å². The van der Waals surface area contributed by atoms with Crippen LogP contribution in [0.3, 0.4) is 0 Å². The van der Waals surface area contributed by atoms with E-state index in [0.717, 1.165) is 5.69 Å². The van der Waals surface area contributed by atoms with Crippen LogP contribution in [0.5, 0.6) is 0 Å². The van der Waals surface area contributed by atoms with E-state index in [1.54, 1.807) is 50.6 Å². The summed E-state index contributed by atoms with van der Waals surface area (Å²) in [6.45, 7) is 4.45. The Hall–Kier alpha value is -3.88. The molecule has 0 saturated carbocycles. The lowest BCUT2D eigenvalue weighted by Gasteiger charge is -2.38. The third-order valence-electron chi connectivity index (χ3n) is 6.78. The first-order valence-electron chi connectivity index (χ1n) is 12.0. The Labute approximate surface area is 228 Å². The number of hydrogen-bond acceptors (Lipinski definition) is 8. The van der Waals surface area contributed by atoms with Crippen molar-refractivity contribution in [2.45, 2.75) is 13.5 Å². The third-order valence-corrected chi connectivity index (χ3v) is 8.16. The van der Waals surface area contributed by atoms with Crippen LogP contribution in [-0.2, 0) is 18.4 Å². The molecule has 0 N–H and O–H groups in total. The number of rotatable bonds is 5. The Bertz CT molecular complexity index is 1530. The Morgan fingerprint density at radius 3 is 2.45 bits per heavy atom. The Morgan fingerprint density at radius 1 is 1.13 bits per heavy atom. The number of thioether (sulfide) groups is 1. The van der Waals surface area contributed by atoms with Crippen LogP contribution in [0.1, 0.15) is 22.5 Å². The van der Waals surface area contributed by atoms with Crippen LogP contribution in [0, 0.1) is 24.1 Å². The summed E-state index contributed by atoms with van der Waals surface area (Å²) in [6.07, 6.45) is 3.28. The number of carbonyl (C=O) groups is 1. The van der Waals surface area contributed by atoms with Crippen LogP contribution in [0.15, 0.2) is 56.8 Å². The second kappa shape index (κ2) is 10.5. The average Bonchev–Trinajstić information content (AvgIpc) is 3.52. The number of piperazine rings is 1. The molecule has 3 aromatic rings. The minimum atomic E-state index is -0.386. The van der Waals surface area contributed by atoms with Gasteiger partial charge in [-0.2, -0.15) is 5.26 Å². The van der Waals surface area contributed by atoms with Gasteiger partial charge in [0.2, 0.25) is 0 Å². The molecule has 0 spiro atoms. The Morgan fingerprint density at radius 2 is 1.82 bits per heavy atom. The number of aromatic nitrogens is 1. The van der Waals surface area contributed by atoms with Gasteiger partial charge in [0.05, 0.1) is 17.7 Å². The van der Waals surface area contributed by atoms with Crippen molar-refractivity contribution in [1.82, 2.24) is 9.47 Å². The summed E-state index contributed by atoms with van der Waals surface area (Å²) in [7, 11) is 1.64. The predicted molar refractivity (Wildman–Crippen MR) is 149 cm³/mol. The number of halogens is 1. The number of nitriles is 1. The fourth-order valence-electron chi connectivity index (χ4n) is 4.75. The predicted octanol–water partition coefficient (Wildman–Crippen LogP) is 4.03. The van der Waals surface area contributed by atoms with E-state index in [2.05, 4.69) is 9.80 Å². The average molecular weight is 550 g/mol. The normalized spacial score (nSPS) is 17.0. The summed E-state index contributed by atoms with van der Waals surface area (Å²) in [5.74, 6) is 0.721. The first-order valence-corrected chi connectivity index (χ1v) is 13.2. The minimum absolute atomic E-state index is 0.0403. The fraction of sp³-hybridized carbons (Fsp3) is 0.259. The molecule has 11 heteroatoms. The van der Waals surface area contributed by atoms with Crippen LogP contribution in [0.25, 0.3) is 6.08 Å². The molecular formula is C27H24FN5O3S2. The number of furan rings is 1. The van der Waals surface area contributed by atoms with Gasteiger partial charge in [-0.1, -0.05) is 24.0 Å². The number of benzene rings is 1. The van der Waals surface area contributed by atoms with Crippen molar-refractivity contribution in [2.24, 2.45) is 7.05 Å². The van der Waals surface area contributed by atoms with Gasteiger partial charge in [-0.25, -0.2) is 4.39 Å². The highest BCUT2D eigenvalue weighted by atomic mass is 32.2. The van der Waals surface area contributed by atoms with Gasteiger partial charge in [0.1, 0.15) is 33.3 Å². The Kier molecular flexibility index (Phi) is 7.10. The molecule has 2 aliphatic heterocycles. The van der Waals surface area contributed by atoms with Gasteiger partial charge in [-0.05, 0) is 55.0 Å². The van der Waals surface area contributed by atoms with E-state index in [9.17, 15) is 19.2 Å². The van der Waals surface area contributed by atoms with Gasteiger partial charge in [0.15, 0.2) is 0 Å². The highest BCUT2D eigenvalue weighted by Gasteiger charge is 2.34. The van der Waals surface area contributed by atoms with E-state index < -0.39 is 0 Å². The number of carbonyl (C=O) groups excluding carboxylic acids is 1. The molecule has 4 heterocycles. The molecule has 0 bridgehead atoms. The van der Waals surface area contributed by atoms with Gasteiger partial charge in [-0.3, -0.25) is 19.1 Å². The summed E-state index contributed by atoms with van der Waals surface area (Å²) in [5, 5.41) is 9.73. The van der Waals surface area contributed by atoms with Crippen LogP contribution < -0.4 is 15.4 Å². The standard InChI is InChI=1S/C27H24FN5O3S2/c1-17-21(14-23-26(35)33(27(37)38-23)16-20-4-3-13-36-20)24(30(2)25(34)22(17)15-29)32-11-9-31(10-12-32)19-7-5-18(28)6-8-19/h3-8,13-14H,9-12,16H2,1-2H3. The van der Waals surface area contributed by atoms with Crippen LogP contribution >= 0.6 is 24.0 Å². The summed E-state index contributed by atoms with van der Waals surface area (Å²) >= 11 is 6.66. The highest BCUT2D eigenvalue weighted by molar-refractivity contribution is 8.26. The number of pyridine rings is 1. The number of nitrogens with zero attached hydrogens (tertiary/aromatic N) is 5. The molecular weight excluding hydrogens is 525 g/mol. The van der Waals surface area contributed by atoms with Crippen molar-refractivity contribution in [1.29, 1.82) is 5.26 Å². The van der Waals surface area contributed by atoms with Crippen LogP contribution in [0.4, 0.5) is 15.9 Å². The molecule has 0 atom stereocenters. The van der Waals surface area contributed by atoms with E-state index in [1.807, 2.05) is 6.07 Å². The maximum atomic E-state index is 13.4. The molecule has 2 saturated heterocycles. The van der Waals surface area contributed by atoms with E-state index in [4.69, 9.17) is 16.6 Å². The summed E-state index contributed by atoms with van der Waals surface area (Å²) in [6, 6.07) is 11.9. The van der Waals surface area contributed by atoms with Crippen molar-refractivity contribution in [3.63, 3.8) is 0 Å². The van der Waals surface area contributed by atoms with Gasteiger partial charge >= 0.3 is 0 Å². The SMILES string of the molecule is Cc1c(C=C2SC(=S)N(Cc3ccco3)C2=O)c(N2CCN(c3ccc(F)cc3)CC2)n(C)c(=O)c1C#N. The van der Waals surface area contributed by atoms with Crippen molar-refractivity contribution >= 4 is 51.8 Å². The van der Waals surface area contributed by atoms with Crippen molar-refractivity contribution in [3.8, 4) is 6.07 Å². The molecule has 1 aromatic carbocycles. The first kappa shape index (κ1) is 25.8. The second-order valence-electron chi connectivity index (χ2n) is 9.01. The molecule has 0 aliphatic carbocycles. The number of thiocarbonyl (C=S) groups is 1. The molecule has 2 fully saturated rings. The van der Waals surface area contributed by atoms with Gasteiger partial charge in [0, 0.05) is 44.5 Å². The summed E-state index contributed by atoms with van der Waals surface area (Å²) in [4.78, 5) is 32.5. The van der Waals surface area contributed by atoms with Gasteiger partial charge < -0.3 is 14.2 Å². The molecule has 194 valence electrons. The maximum absolute atomic E-state index is 13.4. The number of hydrogen-bond donors (Lipinski definition) is 0. The zero-order chi connectivity index (χ0) is 27.0. The quantitative estimate of drug-likeness (QED) is 0.349. The minimum Gasteiger partial charge on any atom is -0.467 e. The smallest absolute Gasteiger partial charge is 0.270 e. The first-order chi connectivity index (χ1) is 18.3. The van der Waals surface area contributed by atoms with E-state index >= 15 is 0 Å². The molecule has 0 radical (unpaired) electrons. The highest BCUT2D eigenvalue weighted by Crippen LogP contribution is 2.36. The van der Waals surface area contributed by atoms with Gasteiger partial charge in [0.25, 0.3) is 11.5 Å². The number of anilines is 2. The third kappa shape index (κ3) is 4.73. The zero-order valence-electron chi connectivity index (χ0n) is 20.8. The fourth-order valence-corrected chi connectivity index (χ4v) is 5.99. The lowest BCUT2D eigenvalue weighted by Crippen LogP contribution is -2.48. The monoisotopic (exact) mass is 549 g/mol.